The first-order chi connectivity index (χ1) is 8.16. The Morgan fingerprint density at radius 2 is 2.18 bits per heavy atom. The fourth-order valence-corrected chi connectivity index (χ4v) is 1.66. The van der Waals surface area contributed by atoms with E-state index in [0.29, 0.717) is 19.2 Å². The van der Waals surface area contributed by atoms with Crippen molar-refractivity contribution < 1.29 is 19.4 Å². The van der Waals surface area contributed by atoms with Crippen LogP contribution in [0.1, 0.15) is 6.92 Å². The molecule has 0 amide bonds. The van der Waals surface area contributed by atoms with Gasteiger partial charge in [-0.3, -0.25) is 0 Å². The van der Waals surface area contributed by atoms with Gasteiger partial charge < -0.3 is 24.3 Å². The monoisotopic (exact) mass is 239 g/mol. The van der Waals surface area contributed by atoms with Crippen molar-refractivity contribution in [3.63, 3.8) is 0 Å². The fourth-order valence-electron chi connectivity index (χ4n) is 1.66. The van der Waals surface area contributed by atoms with Crippen LogP contribution in [0.15, 0.2) is 12.4 Å². The molecule has 1 saturated heterocycles. The van der Waals surface area contributed by atoms with E-state index >= 15 is 0 Å². The molecule has 1 aromatic heterocycles. The van der Waals surface area contributed by atoms with Gasteiger partial charge in [-0.15, -0.1) is 0 Å². The van der Waals surface area contributed by atoms with Gasteiger partial charge in [-0.05, 0) is 6.92 Å². The highest BCUT2D eigenvalue weighted by atomic mass is 16.6. The van der Waals surface area contributed by atoms with Gasteiger partial charge in [0.25, 0.3) is 0 Å². The molecule has 2 N–H and O–H groups in total. The van der Waals surface area contributed by atoms with Crippen LogP contribution in [-0.2, 0) is 4.74 Å². The van der Waals surface area contributed by atoms with E-state index in [1.165, 1.54) is 12.4 Å². The molecule has 1 aliphatic rings. The summed E-state index contributed by atoms with van der Waals surface area (Å²) >= 11 is 0. The predicted molar refractivity (Wildman–Crippen MR) is 60.5 cm³/mol. The molecule has 0 saturated carbocycles. The van der Waals surface area contributed by atoms with Gasteiger partial charge in [-0.2, -0.15) is 0 Å². The fraction of sp³-hybridized carbons (Fsp3) is 0.556. The highest BCUT2D eigenvalue weighted by molar-refractivity contribution is 6.33. The van der Waals surface area contributed by atoms with E-state index in [1.54, 1.807) is 0 Å². The number of rotatable bonds is 3. The molecule has 0 unspecified atom stereocenters. The standard InChI is InChI=1S/C9H14BN3O4/c1-7-6-16-3-2-13(7)9-11-4-8(5-12-9)17-10(14)15/h4-5,7,14-15H,2-3,6H2,1H3/t7-/m0/s1. The molecule has 2 heterocycles. The molecule has 0 aliphatic carbocycles. The van der Waals surface area contributed by atoms with Crippen LogP contribution < -0.4 is 9.55 Å². The van der Waals surface area contributed by atoms with Crippen molar-refractivity contribution in [1.29, 1.82) is 0 Å². The average Bonchev–Trinajstić information content (AvgIpc) is 2.30. The quantitative estimate of drug-likeness (QED) is 0.657. The van der Waals surface area contributed by atoms with Gasteiger partial charge >= 0.3 is 7.32 Å². The van der Waals surface area contributed by atoms with E-state index in [2.05, 4.69) is 14.6 Å². The minimum Gasteiger partial charge on any atom is -0.509 e. The topological polar surface area (TPSA) is 87.9 Å². The Morgan fingerprint density at radius 3 is 2.76 bits per heavy atom. The summed E-state index contributed by atoms with van der Waals surface area (Å²) in [5.41, 5.74) is 0. The molecule has 1 atom stereocenters. The van der Waals surface area contributed by atoms with Crippen LogP contribution in [0.2, 0.25) is 0 Å². The maximum atomic E-state index is 8.62. The average molecular weight is 239 g/mol. The van der Waals surface area contributed by atoms with Crippen molar-refractivity contribution in [2.75, 3.05) is 24.7 Å². The molecule has 7 nitrogen and oxygen atoms in total. The van der Waals surface area contributed by atoms with Crippen molar-refractivity contribution in [2.24, 2.45) is 0 Å². The molecule has 0 aromatic carbocycles. The summed E-state index contributed by atoms with van der Waals surface area (Å²) in [5, 5.41) is 17.2. The normalized spacial score (nSPS) is 20.2. The van der Waals surface area contributed by atoms with E-state index in [4.69, 9.17) is 14.8 Å². The number of aromatic nitrogens is 2. The Labute approximate surface area is 99.2 Å². The lowest BCUT2D eigenvalue weighted by atomic mass is 10.2. The molecule has 2 rings (SSSR count). The lowest BCUT2D eigenvalue weighted by Gasteiger charge is -2.33. The summed E-state index contributed by atoms with van der Waals surface area (Å²) in [4.78, 5) is 10.3. The van der Waals surface area contributed by atoms with E-state index in [1.807, 2.05) is 11.8 Å². The van der Waals surface area contributed by atoms with Gasteiger partial charge in [0.2, 0.25) is 5.95 Å². The first-order valence-corrected chi connectivity index (χ1v) is 5.36. The molecular formula is C9H14BN3O4. The van der Waals surface area contributed by atoms with Crippen molar-refractivity contribution in [2.45, 2.75) is 13.0 Å². The molecule has 1 fully saturated rings. The lowest BCUT2D eigenvalue weighted by Crippen LogP contribution is -2.44. The molecule has 0 spiro atoms. The minimum absolute atomic E-state index is 0.213. The highest BCUT2D eigenvalue weighted by Gasteiger charge is 2.21. The molecule has 0 radical (unpaired) electrons. The van der Waals surface area contributed by atoms with Crippen LogP contribution in [0.5, 0.6) is 5.75 Å². The van der Waals surface area contributed by atoms with Gasteiger partial charge in [0.1, 0.15) is 5.75 Å². The van der Waals surface area contributed by atoms with E-state index in [0.717, 1.165) is 6.54 Å². The first kappa shape index (κ1) is 12.1. The number of hydrogen-bond donors (Lipinski definition) is 2. The maximum Gasteiger partial charge on any atom is 0.707 e. The van der Waals surface area contributed by atoms with E-state index in [-0.39, 0.29) is 11.8 Å². The summed E-state index contributed by atoms with van der Waals surface area (Å²) in [6, 6.07) is 0.221. The SMILES string of the molecule is C[C@H]1COCCN1c1ncc(OB(O)O)cn1. The second-order valence-corrected chi connectivity index (χ2v) is 3.78. The number of nitrogens with zero attached hydrogens (tertiary/aromatic N) is 3. The molecule has 17 heavy (non-hydrogen) atoms. The van der Waals surface area contributed by atoms with Gasteiger partial charge in [-0.25, -0.2) is 9.97 Å². The Balaban J connectivity index is 2.06. The number of hydrogen-bond acceptors (Lipinski definition) is 7. The van der Waals surface area contributed by atoms with Crippen LogP contribution in [0.25, 0.3) is 0 Å². The molecule has 1 aromatic rings. The third kappa shape index (κ3) is 3.05. The van der Waals surface area contributed by atoms with Crippen LogP contribution in [0.4, 0.5) is 5.95 Å². The summed E-state index contributed by atoms with van der Waals surface area (Å²) in [6.45, 7) is 4.08. The maximum absolute atomic E-state index is 8.62. The van der Waals surface area contributed by atoms with Crippen molar-refractivity contribution >= 4 is 13.3 Å². The minimum atomic E-state index is -1.85. The molecule has 0 bridgehead atoms. The third-order valence-electron chi connectivity index (χ3n) is 2.48. The van der Waals surface area contributed by atoms with Crippen molar-refractivity contribution in [3.05, 3.63) is 12.4 Å². The van der Waals surface area contributed by atoms with Crippen LogP contribution in [-0.4, -0.2) is 53.1 Å². The number of anilines is 1. The first-order valence-electron chi connectivity index (χ1n) is 5.36. The Bertz CT molecular complexity index is 362. The summed E-state index contributed by atoms with van der Waals surface area (Å²) in [6.07, 6.45) is 2.81. The van der Waals surface area contributed by atoms with Crippen LogP contribution in [0, 0.1) is 0 Å². The zero-order chi connectivity index (χ0) is 12.3. The summed E-state index contributed by atoms with van der Waals surface area (Å²) in [5.74, 6) is 0.797. The summed E-state index contributed by atoms with van der Waals surface area (Å²) in [7, 11) is -1.85. The second kappa shape index (κ2) is 5.30. The number of ether oxygens (including phenoxy) is 1. The Morgan fingerprint density at radius 1 is 1.47 bits per heavy atom. The Hall–Kier alpha value is -1.38. The van der Waals surface area contributed by atoms with Gasteiger partial charge in [0.15, 0.2) is 0 Å². The second-order valence-electron chi connectivity index (χ2n) is 3.78. The highest BCUT2D eigenvalue weighted by Crippen LogP contribution is 2.16. The molecule has 92 valence electrons. The summed E-state index contributed by atoms with van der Waals surface area (Å²) < 4.78 is 9.95. The predicted octanol–water partition coefficient (Wildman–Crippen LogP) is -0.950. The Kier molecular flexibility index (Phi) is 3.77. The van der Waals surface area contributed by atoms with E-state index < -0.39 is 7.32 Å². The molecule has 1 aliphatic heterocycles. The van der Waals surface area contributed by atoms with E-state index in [9.17, 15) is 0 Å². The van der Waals surface area contributed by atoms with Crippen LogP contribution in [0.3, 0.4) is 0 Å². The zero-order valence-corrected chi connectivity index (χ0v) is 9.48. The molecular weight excluding hydrogens is 225 g/mol. The lowest BCUT2D eigenvalue weighted by molar-refractivity contribution is 0.0980. The van der Waals surface area contributed by atoms with Crippen molar-refractivity contribution in [3.8, 4) is 5.75 Å². The largest absolute Gasteiger partial charge is 0.707 e. The zero-order valence-electron chi connectivity index (χ0n) is 9.48. The van der Waals surface area contributed by atoms with Gasteiger partial charge in [-0.1, -0.05) is 0 Å². The van der Waals surface area contributed by atoms with Crippen LogP contribution >= 0.6 is 0 Å². The number of morpholine rings is 1. The van der Waals surface area contributed by atoms with Gasteiger partial charge in [0.05, 0.1) is 31.6 Å². The van der Waals surface area contributed by atoms with Gasteiger partial charge in [0, 0.05) is 6.54 Å². The molecule has 8 heteroatoms. The van der Waals surface area contributed by atoms with Crippen molar-refractivity contribution in [1.82, 2.24) is 9.97 Å². The third-order valence-corrected chi connectivity index (χ3v) is 2.48. The smallest absolute Gasteiger partial charge is 0.509 e.